The van der Waals surface area contributed by atoms with Gasteiger partial charge in [0, 0.05) is 24.7 Å². The van der Waals surface area contributed by atoms with Gasteiger partial charge in [0.2, 0.25) is 0 Å². The quantitative estimate of drug-likeness (QED) is 0.837. The van der Waals surface area contributed by atoms with Crippen LogP contribution in [0.25, 0.3) is 5.69 Å². The molecule has 1 aliphatic heterocycles. The van der Waals surface area contributed by atoms with E-state index in [2.05, 4.69) is 5.10 Å². The first-order valence-corrected chi connectivity index (χ1v) is 10.4. The summed E-state index contributed by atoms with van der Waals surface area (Å²) < 4.78 is 25.2. The standard InChI is InChI=1S/C18H21N3O3S/c1-20(15-9-10-25(23,24)12-15)18(22)16-11-17(13-7-8-13)21(19-16)14-5-3-2-4-6-14/h2-6,11,13,15H,7-10,12H2,1H3. The van der Waals surface area contributed by atoms with E-state index in [-0.39, 0.29) is 23.5 Å². The van der Waals surface area contributed by atoms with Crippen molar-refractivity contribution in [1.29, 1.82) is 0 Å². The molecular weight excluding hydrogens is 338 g/mol. The second-order valence-corrected chi connectivity index (χ2v) is 9.18. The van der Waals surface area contributed by atoms with Gasteiger partial charge in [-0.05, 0) is 37.5 Å². The number of nitrogens with zero attached hydrogens (tertiary/aromatic N) is 3. The van der Waals surface area contributed by atoms with Gasteiger partial charge >= 0.3 is 0 Å². The molecule has 0 bridgehead atoms. The van der Waals surface area contributed by atoms with Gasteiger partial charge in [-0.2, -0.15) is 5.10 Å². The van der Waals surface area contributed by atoms with E-state index in [9.17, 15) is 13.2 Å². The molecule has 2 heterocycles. The van der Waals surface area contributed by atoms with Gasteiger partial charge < -0.3 is 4.90 Å². The molecule has 0 radical (unpaired) electrons. The largest absolute Gasteiger partial charge is 0.336 e. The molecule has 7 heteroatoms. The topological polar surface area (TPSA) is 72.3 Å². The third-order valence-corrected chi connectivity index (χ3v) is 6.78. The normalized spacial score (nSPS) is 22.0. The Balaban J connectivity index is 1.63. The molecule has 1 aliphatic carbocycles. The third kappa shape index (κ3) is 3.20. The summed E-state index contributed by atoms with van der Waals surface area (Å²) in [6.45, 7) is 0. The fraction of sp³-hybridized carbons (Fsp3) is 0.444. The van der Waals surface area contributed by atoms with E-state index in [1.807, 2.05) is 41.1 Å². The van der Waals surface area contributed by atoms with Crippen molar-refractivity contribution in [2.24, 2.45) is 0 Å². The molecule has 1 unspecified atom stereocenters. The molecule has 6 nitrogen and oxygen atoms in total. The fourth-order valence-corrected chi connectivity index (χ4v) is 5.15. The Morgan fingerprint density at radius 3 is 2.52 bits per heavy atom. The first-order valence-electron chi connectivity index (χ1n) is 8.57. The third-order valence-electron chi connectivity index (χ3n) is 5.03. The molecule has 0 N–H and O–H groups in total. The molecule has 132 valence electrons. The summed E-state index contributed by atoms with van der Waals surface area (Å²) >= 11 is 0. The van der Waals surface area contributed by atoms with E-state index >= 15 is 0 Å². The Morgan fingerprint density at radius 2 is 1.92 bits per heavy atom. The van der Waals surface area contributed by atoms with Crippen LogP contribution >= 0.6 is 0 Å². The SMILES string of the molecule is CN(C(=O)c1cc(C2CC2)n(-c2ccccc2)n1)C1CCS(=O)(=O)C1. The monoisotopic (exact) mass is 359 g/mol. The van der Waals surface area contributed by atoms with Crippen molar-refractivity contribution in [2.75, 3.05) is 18.6 Å². The number of aromatic nitrogens is 2. The van der Waals surface area contributed by atoms with Gasteiger partial charge in [0.25, 0.3) is 5.91 Å². The van der Waals surface area contributed by atoms with Crippen LogP contribution in [0.5, 0.6) is 0 Å². The van der Waals surface area contributed by atoms with Gasteiger partial charge in [0.05, 0.1) is 17.2 Å². The fourth-order valence-electron chi connectivity index (χ4n) is 3.37. The van der Waals surface area contributed by atoms with Crippen molar-refractivity contribution >= 4 is 15.7 Å². The maximum absolute atomic E-state index is 12.8. The smallest absolute Gasteiger partial charge is 0.274 e. The van der Waals surface area contributed by atoms with Gasteiger partial charge in [-0.3, -0.25) is 4.79 Å². The number of carbonyl (C=O) groups excluding carboxylic acids is 1. The first kappa shape index (κ1) is 16.3. The van der Waals surface area contributed by atoms with Crippen LogP contribution in [0.4, 0.5) is 0 Å². The van der Waals surface area contributed by atoms with Crippen LogP contribution in [0.1, 0.15) is 41.4 Å². The number of amides is 1. The van der Waals surface area contributed by atoms with E-state index in [0.29, 0.717) is 18.0 Å². The molecular formula is C18H21N3O3S. The van der Waals surface area contributed by atoms with Crippen LogP contribution in [0.3, 0.4) is 0 Å². The van der Waals surface area contributed by atoms with E-state index in [1.165, 1.54) is 0 Å². The molecule has 1 amide bonds. The van der Waals surface area contributed by atoms with Crippen LogP contribution in [0, 0.1) is 0 Å². The Kier molecular flexibility index (Phi) is 3.91. The number of benzene rings is 1. The van der Waals surface area contributed by atoms with Crippen molar-refractivity contribution in [2.45, 2.75) is 31.2 Å². The minimum atomic E-state index is -3.03. The first-order chi connectivity index (χ1) is 11.9. The zero-order chi connectivity index (χ0) is 17.6. The predicted octanol–water partition coefficient (Wildman–Crippen LogP) is 2.01. The maximum Gasteiger partial charge on any atom is 0.274 e. The maximum atomic E-state index is 12.8. The highest BCUT2D eigenvalue weighted by Gasteiger charge is 2.35. The lowest BCUT2D eigenvalue weighted by molar-refractivity contribution is 0.0741. The molecule has 0 spiro atoms. The summed E-state index contributed by atoms with van der Waals surface area (Å²) in [5, 5.41) is 4.55. The highest BCUT2D eigenvalue weighted by molar-refractivity contribution is 7.91. The zero-order valence-electron chi connectivity index (χ0n) is 14.1. The summed E-state index contributed by atoms with van der Waals surface area (Å²) in [6.07, 6.45) is 2.73. The average molecular weight is 359 g/mol. The van der Waals surface area contributed by atoms with E-state index < -0.39 is 9.84 Å². The number of sulfone groups is 1. The van der Waals surface area contributed by atoms with Crippen LogP contribution < -0.4 is 0 Å². The molecule has 1 saturated carbocycles. The summed E-state index contributed by atoms with van der Waals surface area (Å²) in [5.74, 6) is 0.440. The van der Waals surface area contributed by atoms with Crippen LogP contribution in [0.2, 0.25) is 0 Å². The van der Waals surface area contributed by atoms with Gasteiger partial charge in [0.1, 0.15) is 0 Å². The Hall–Kier alpha value is -2.15. The number of hydrogen-bond donors (Lipinski definition) is 0. The molecule has 4 rings (SSSR count). The molecule has 2 aliphatic rings. The van der Waals surface area contributed by atoms with Gasteiger partial charge in [-0.25, -0.2) is 13.1 Å². The number of para-hydroxylation sites is 1. The highest BCUT2D eigenvalue weighted by Crippen LogP contribution is 2.41. The number of rotatable bonds is 4. The van der Waals surface area contributed by atoms with Crippen molar-refractivity contribution in [1.82, 2.24) is 14.7 Å². The second-order valence-electron chi connectivity index (χ2n) is 6.95. The van der Waals surface area contributed by atoms with E-state index in [1.54, 1.807) is 11.9 Å². The Labute approximate surface area is 147 Å². The Morgan fingerprint density at radius 1 is 1.20 bits per heavy atom. The lowest BCUT2D eigenvalue weighted by atomic mass is 10.2. The van der Waals surface area contributed by atoms with E-state index in [4.69, 9.17) is 0 Å². The van der Waals surface area contributed by atoms with Gasteiger partial charge in [-0.1, -0.05) is 18.2 Å². The zero-order valence-corrected chi connectivity index (χ0v) is 14.9. The van der Waals surface area contributed by atoms with Crippen LogP contribution in [-0.4, -0.2) is 53.6 Å². The lowest BCUT2D eigenvalue weighted by Crippen LogP contribution is -2.38. The predicted molar refractivity (Wildman–Crippen MR) is 94.7 cm³/mol. The molecule has 1 aromatic heterocycles. The minimum Gasteiger partial charge on any atom is -0.336 e. The van der Waals surface area contributed by atoms with Crippen molar-refractivity contribution in [3.05, 3.63) is 47.8 Å². The minimum absolute atomic E-state index is 0.0457. The van der Waals surface area contributed by atoms with E-state index in [0.717, 1.165) is 24.2 Å². The highest BCUT2D eigenvalue weighted by atomic mass is 32.2. The molecule has 1 aromatic carbocycles. The molecule has 2 aromatic rings. The molecule has 1 saturated heterocycles. The summed E-state index contributed by atoms with van der Waals surface area (Å²) in [6, 6.07) is 11.4. The lowest BCUT2D eigenvalue weighted by Gasteiger charge is -2.22. The summed E-state index contributed by atoms with van der Waals surface area (Å²) in [5.41, 5.74) is 2.38. The van der Waals surface area contributed by atoms with Crippen molar-refractivity contribution in [3.8, 4) is 5.69 Å². The van der Waals surface area contributed by atoms with Crippen LogP contribution in [-0.2, 0) is 9.84 Å². The van der Waals surface area contributed by atoms with Crippen molar-refractivity contribution in [3.63, 3.8) is 0 Å². The molecule has 1 atom stereocenters. The Bertz CT molecular complexity index is 901. The van der Waals surface area contributed by atoms with Crippen LogP contribution in [0.15, 0.2) is 36.4 Å². The molecule has 25 heavy (non-hydrogen) atoms. The summed E-state index contributed by atoms with van der Waals surface area (Å²) in [4.78, 5) is 14.4. The second kappa shape index (κ2) is 5.98. The summed E-state index contributed by atoms with van der Waals surface area (Å²) in [7, 11) is -1.35. The van der Waals surface area contributed by atoms with Gasteiger partial charge in [0.15, 0.2) is 15.5 Å². The number of carbonyl (C=O) groups is 1. The number of hydrogen-bond acceptors (Lipinski definition) is 4. The molecule has 2 fully saturated rings. The average Bonchev–Trinajstić information content (AvgIpc) is 3.25. The van der Waals surface area contributed by atoms with Gasteiger partial charge in [-0.15, -0.1) is 0 Å². The van der Waals surface area contributed by atoms with Crippen molar-refractivity contribution < 1.29 is 13.2 Å².